The third-order valence-electron chi connectivity index (χ3n) is 2.23. The van der Waals surface area contributed by atoms with Gasteiger partial charge < -0.3 is 9.47 Å². The summed E-state index contributed by atoms with van der Waals surface area (Å²) in [6.07, 6.45) is 2.44. The molecule has 1 aliphatic rings. The van der Waals surface area contributed by atoms with E-state index in [1.807, 2.05) is 0 Å². The van der Waals surface area contributed by atoms with Crippen LogP contribution in [0.2, 0.25) is 0 Å². The van der Waals surface area contributed by atoms with Crippen molar-refractivity contribution >= 4 is 5.78 Å². The van der Waals surface area contributed by atoms with Crippen molar-refractivity contribution in [3.05, 3.63) is 0 Å². The smallest absolute Gasteiger partial charge is 0.140 e. The number of carbonyl (C=O) groups excluding carboxylic acids is 1. The first-order valence-corrected chi connectivity index (χ1v) is 5.02. The largest absolute Gasteiger partial charge is 0.381 e. The van der Waals surface area contributed by atoms with Crippen LogP contribution in [0.4, 0.5) is 0 Å². The molecule has 3 heteroatoms. The molecular weight excluding hydrogens is 168 g/mol. The highest BCUT2D eigenvalue weighted by Gasteiger charge is 2.22. The number of ketones is 1. The second-order valence-electron chi connectivity index (χ2n) is 3.39. The molecule has 1 aliphatic heterocycles. The Morgan fingerprint density at radius 2 is 2.38 bits per heavy atom. The molecule has 76 valence electrons. The molecule has 0 radical (unpaired) electrons. The van der Waals surface area contributed by atoms with Crippen molar-refractivity contribution in [1.82, 2.24) is 0 Å². The molecule has 0 aromatic carbocycles. The molecule has 1 rings (SSSR count). The zero-order chi connectivity index (χ0) is 9.52. The number of ether oxygens (including phenoxy) is 2. The maximum absolute atomic E-state index is 11.3. The fourth-order valence-electron chi connectivity index (χ4n) is 1.41. The molecule has 13 heavy (non-hydrogen) atoms. The van der Waals surface area contributed by atoms with Crippen LogP contribution in [0.25, 0.3) is 0 Å². The molecule has 0 N–H and O–H groups in total. The highest BCUT2D eigenvalue weighted by Crippen LogP contribution is 2.13. The van der Waals surface area contributed by atoms with Crippen molar-refractivity contribution in [2.24, 2.45) is 5.92 Å². The Morgan fingerprint density at radius 1 is 1.54 bits per heavy atom. The summed E-state index contributed by atoms with van der Waals surface area (Å²) in [6, 6.07) is 0. The van der Waals surface area contributed by atoms with Crippen LogP contribution in [-0.2, 0) is 14.3 Å². The van der Waals surface area contributed by atoms with Gasteiger partial charge in [-0.2, -0.15) is 0 Å². The normalized spacial score (nSPS) is 23.5. The van der Waals surface area contributed by atoms with Crippen molar-refractivity contribution in [1.29, 1.82) is 0 Å². The summed E-state index contributed by atoms with van der Waals surface area (Å²) in [7, 11) is 0. The number of Topliss-reactive ketones (excluding diaryl/α,β-unsaturated/α-hetero) is 1. The van der Waals surface area contributed by atoms with Crippen LogP contribution in [0, 0.1) is 5.92 Å². The lowest BCUT2D eigenvalue weighted by Crippen LogP contribution is -2.28. The van der Waals surface area contributed by atoms with E-state index in [1.165, 1.54) is 0 Å². The van der Waals surface area contributed by atoms with Gasteiger partial charge in [-0.3, -0.25) is 4.79 Å². The first-order chi connectivity index (χ1) is 6.34. The van der Waals surface area contributed by atoms with Gasteiger partial charge in [0, 0.05) is 25.6 Å². The van der Waals surface area contributed by atoms with Gasteiger partial charge in [-0.05, 0) is 12.8 Å². The van der Waals surface area contributed by atoms with Gasteiger partial charge in [-0.25, -0.2) is 0 Å². The fraction of sp³-hybridized carbons (Fsp3) is 0.900. The van der Waals surface area contributed by atoms with Crippen LogP contribution in [0.3, 0.4) is 0 Å². The Bertz CT molecular complexity index is 156. The lowest BCUT2D eigenvalue weighted by molar-refractivity contribution is -0.131. The summed E-state index contributed by atoms with van der Waals surface area (Å²) in [5, 5.41) is 0. The first kappa shape index (κ1) is 10.7. The predicted molar refractivity (Wildman–Crippen MR) is 49.7 cm³/mol. The Morgan fingerprint density at radius 3 is 3.08 bits per heavy atom. The van der Waals surface area contributed by atoms with Crippen molar-refractivity contribution in [2.45, 2.75) is 26.2 Å². The molecule has 0 bridgehead atoms. The maximum atomic E-state index is 11.3. The summed E-state index contributed by atoms with van der Waals surface area (Å²) >= 11 is 0. The first-order valence-electron chi connectivity index (χ1n) is 5.02. The van der Waals surface area contributed by atoms with E-state index in [4.69, 9.17) is 9.47 Å². The number of carbonyl (C=O) groups is 1. The Hall–Kier alpha value is -0.410. The molecule has 1 unspecified atom stereocenters. The monoisotopic (exact) mass is 186 g/mol. The standard InChI is InChI=1S/C10H18O3/c1-2-5-12-6-3-9-8-13-7-4-10(9)11/h9H,2-8H2,1H3. The van der Waals surface area contributed by atoms with Gasteiger partial charge >= 0.3 is 0 Å². The molecule has 1 atom stereocenters. The molecule has 0 aromatic rings. The van der Waals surface area contributed by atoms with E-state index < -0.39 is 0 Å². The van der Waals surface area contributed by atoms with E-state index in [1.54, 1.807) is 0 Å². The minimum absolute atomic E-state index is 0.0885. The van der Waals surface area contributed by atoms with E-state index in [0.29, 0.717) is 32.0 Å². The molecule has 1 saturated heterocycles. The third-order valence-corrected chi connectivity index (χ3v) is 2.23. The van der Waals surface area contributed by atoms with Crippen LogP contribution in [-0.4, -0.2) is 32.2 Å². The predicted octanol–water partition coefficient (Wildman–Crippen LogP) is 1.41. The highest BCUT2D eigenvalue weighted by atomic mass is 16.5. The maximum Gasteiger partial charge on any atom is 0.140 e. The molecule has 3 nitrogen and oxygen atoms in total. The fourth-order valence-corrected chi connectivity index (χ4v) is 1.41. The summed E-state index contributed by atoms with van der Waals surface area (Å²) in [4.78, 5) is 11.3. The molecule has 0 spiro atoms. The minimum atomic E-state index is 0.0885. The zero-order valence-electron chi connectivity index (χ0n) is 8.25. The number of rotatable bonds is 5. The van der Waals surface area contributed by atoms with Gasteiger partial charge in [-0.1, -0.05) is 6.92 Å². The SMILES string of the molecule is CCCOCCC1COCCC1=O. The van der Waals surface area contributed by atoms with Gasteiger partial charge in [0.2, 0.25) is 0 Å². The van der Waals surface area contributed by atoms with Crippen molar-refractivity contribution in [2.75, 3.05) is 26.4 Å². The Labute approximate surface area is 79.4 Å². The van der Waals surface area contributed by atoms with Gasteiger partial charge in [0.15, 0.2) is 0 Å². The Balaban J connectivity index is 2.08. The van der Waals surface area contributed by atoms with Crippen LogP contribution in [0.15, 0.2) is 0 Å². The summed E-state index contributed by atoms with van der Waals surface area (Å²) in [5.41, 5.74) is 0. The van der Waals surface area contributed by atoms with Gasteiger partial charge in [0.1, 0.15) is 5.78 Å². The molecular formula is C10H18O3. The molecule has 0 saturated carbocycles. The van der Waals surface area contributed by atoms with Crippen molar-refractivity contribution < 1.29 is 14.3 Å². The van der Waals surface area contributed by atoms with E-state index in [-0.39, 0.29) is 5.92 Å². The van der Waals surface area contributed by atoms with Gasteiger partial charge in [-0.15, -0.1) is 0 Å². The molecule has 0 aliphatic carbocycles. The summed E-state index contributed by atoms with van der Waals surface area (Å²) < 4.78 is 10.6. The van der Waals surface area contributed by atoms with E-state index >= 15 is 0 Å². The molecule has 1 heterocycles. The average Bonchev–Trinajstić information content (AvgIpc) is 2.15. The second kappa shape index (κ2) is 6.11. The summed E-state index contributed by atoms with van der Waals surface area (Å²) in [5.74, 6) is 0.428. The average molecular weight is 186 g/mol. The van der Waals surface area contributed by atoms with Crippen LogP contribution in [0.1, 0.15) is 26.2 Å². The van der Waals surface area contributed by atoms with Crippen molar-refractivity contribution in [3.63, 3.8) is 0 Å². The van der Waals surface area contributed by atoms with Crippen LogP contribution in [0.5, 0.6) is 0 Å². The molecule has 0 amide bonds. The number of hydrogen-bond acceptors (Lipinski definition) is 3. The van der Waals surface area contributed by atoms with Gasteiger partial charge in [0.05, 0.1) is 13.2 Å². The highest BCUT2D eigenvalue weighted by molar-refractivity contribution is 5.81. The topological polar surface area (TPSA) is 35.5 Å². The summed E-state index contributed by atoms with van der Waals surface area (Å²) in [6.45, 7) is 4.75. The van der Waals surface area contributed by atoms with Crippen LogP contribution >= 0.6 is 0 Å². The van der Waals surface area contributed by atoms with Gasteiger partial charge in [0.25, 0.3) is 0 Å². The number of hydrogen-bond donors (Lipinski definition) is 0. The van der Waals surface area contributed by atoms with E-state index in [9.17, 15) is 4.79 Å². The van der Waals surface area contributed by atoms with Crippen LogP contribution < -0.4 is 0 Å². The zero-order valence-corrected chi connectivity index (χ0v) is 8.25. The van der Waals surface area contributed by atoms with Crippen molar-refractivity contribution in [3.8, 4) is 0 Å². The lowest BCUT2D eigenvalue weighted by atomic mass is 9.98. The van der Waals surface area contributed by atoms with E-state index in [2.05, 4.69) is 6.92 Å². The lowest BCUT2D eigenvalue weighted by Gasteiger charge is -2.20. The third kappa shape index (κ3) is 3.87. The Kier molecular flexibility index (Phi) is 5.01. The van der Waals surface area contributed by atoms with E-state index in [0.717, 1.165) is 19.4 Å². The second-order valence-corrected chi connectivity index (χ2v) is 3.39. The molecule has 0 aromatic heterocycles. The quantitative estimate of drug-likeness (QED) is 0.609. The minimum Gasteiger partial charge on any atom is -0.381 e. The molecule has 1 fully saturated rings.